The van der Waals surface area contributed by atoms with Crippen LogP contribution in [0.3, 0.4) is 0 Å². The van der Waals surface area contributed by atoms with Gasteiger partial charge < -0.3 is 9.84 Å². The van der Waals surface area contributed by atoms with E-state index in [1.54, 1.807) is 0 Å². The monoisotopic (exact) mass is 209 g/mol. The second-order valence-corrected chi connectivity index (χ2v) is 4.55. The summed E-state index contributed by atoms with van der Waals surface area (Å²) < 4.78 is 5.05. The Morgan fingerprint density at radius 2 is 2.33 bits per heavy atom. The van der Waals surface area contributed by atoms with Gasteiger partial charge >= 0.3 is 0 Å². The second kappa shape index (κ2) is 4.75. The van der Waals surface area contributed by atoms with E-state index < -0.39 is 0 Å². The van der Waals surface area contributed by atoms with Crippen molar-refractivity contribution in [2.45, 2.75) is 45.6 Å². The van der Waals surface area contributed by atoms with E-state index >= 15 is 0 Å². The first-order chi connectivity index (χ1) is 7.24. The average Bonchev–Trinajstić information content (AvgIpc) is 2.76. The molecule has 15 heavy (non-hydrogen) atoms. The maximum Gasteiger partial charge on any atom is 0.227 e. The van der Waals surface area contributed by atoms with Crippen molar-refractivity contribution in [2.24, 2.45) is 5.92 Å². The minimum absolute atomic E-state index is 0.698. The molecule has 1 heterocycles. The van der Waals surface area contributed by atoms with Crippen molar-refractivity contribution in [1.82, 2.24) is 15.5 Å². The minimum Gasteiger partial charge on any atom is -0.339 e. The molecule has 0 aromatic carbocycles. The molecule has 0 radical (unpaired) electrons. The summed E-state index contributed by atoms with van der Waals surface area (Å²) >= 11 is 0. The van der Waals surface area contributed by atoms with Crippen LogP contribution < -0.4 is 5.32 Å². The highest BCUT2D eigenvalue weighted by molar-refractivity contribution is 4.85. The van der Waals surface area contributed by atoms with E-state index in [4.69, 9.17) is 4.52 Å². The highest BCUT2D eigenvalue weighted by Gasteiger charge is 2.20. The van der Waals surface area contributed by atoms with Gasteiger partial charge in [0.15, 0.2) is 5.82 Å². The predicted octanol–water partition coefficient (Wildman–Crippen LogP) is 1.70. The highest BCUT2D eigenvalue weighted by Crippen LogP contribution is 2.24. The molecule has 0 saturated heterocycles. The smallest absolute Gasteiger partial charge is 0.227 e. The Morgan fingerprint density at radius 1 is 1.47 bits per heavy atom. The lowest BCUT2D eigenvalue weighted by Crippen LogP contribution is -2.28. The number of rotatable bonds is 4. The first-order valence-electron chi connectivity index (χ1n) is 5.76. The summed E-state index contributed by atoms with van der Waals surface area (Å²) in [6.07, 6.45) is 4.82. The Kier molecular flexibility index (Phi) is 3.36. The molecule has 0 spiro atoms. The van der Waals surface area contributed by atoms with Gasteiger partial charge in [-0.1, -0.05) is 12.1 Å². The summed E-state index contributed by atoms with van der Waals surface area (Å²) in [4.78, 5) is 4.17. The summed E-state index contributed by atoms with van der Waals surface area (Å²) in [6, 6.07) is 0.698. The Morgan fingerprint density at radius 3 is 2.93 bits per heavy atom. The molecule has 4 nitrogen and oxygen atoms in total. The average molecular weight is 209 g/mol. The molecular formula is C11H19N3O. The third-order valence-corrected chi connectivity index (χ3v) is 3.04. The first kappa shape index (κ1) is 10.6. The van der Waals surface area contributed by atoms with Gasteiger partial charge in [0.2, 0.25) is 5.89 Å². The number of aromatic nitrogens is 2. The summed E-state index contributed by atoms with van der Waals surface area (Å²) in [5, 5.41) is 7.31. The van der Waals surface area contributed by atoms with E-state index in [-0.39, 0.29) is 0 Å². The van der Waals surface area contributed by atoms with Crippen LogP contribution in [0.5, 0.6) is 0 Å². The molecule has 0 amide bonds. The molecule has 2 rings (SSSR count). The molecule has 0 aliphatic heterocycles. The van der Waals surface area contributed by atoms with Crippen molar-refractivity contribution in [2.75, 3.05) is 6.54 Å². The van der Waals surface area contributed by atoms with Gasteiger partial charge in [-0.15, -0.1) is 0 Å². The zero-order valence-electron chi connectivity index (χ0n) is 9.49. The molecule has 4 heteroatoms. The van der Waals surface area contributed by atoms with Gasteiger partial charge in [0.25, 0.3) is 0 Å². The van der Waals surface area contributed by atoms with Crippen LogP contribution in [0, 0.1) is 12.8 Å². The van der Waals surface area contributed by atoms with Crippen LogP contribution in [0.1, 0.15) is 37.9 Å². The number of nitrogens with one attached hydrogen (secondary N) is 1. The van der Waals surface area contributed by atoms with Crippen molar-refractivity contribution in [1.29, 1.82) is 0 Å². The van der Waals surface area contributed by atoms with Crippen molar-refractivity contribution in [3.05, 3.63) is 11.7 Å². The Hall–Kier alpha value is -0.900. The molecular weight excluding hydrogens is 190 g/mol. The Bertz CT molecular complexity index is 311. The van der Waals surface area contributed by atoms with Crippen LogP contribution in [0.4, 0.5) is 0 Å². The SMILES string of the molecule is Cc1noc(CCNC2CCC(C)C2)n1. The van der Waals surface area contributed by atoms with Gasteiger partial charge in [0, 0.05) is 19.0 Å². The highest BCUT2D eigenvalue weighted by atomic mass is 16.5. The van der Waals surface area contributed by atoms with Gasteiger partial charge in [0.05, 0.1) is 0 Å². The van der Waals surface area contributed by atoms with Gasteiger partial charge in [0.1, 0.15) is 0 Å². The van der Waals surface area contributed by atoms with E-state index in [2.05, 4.69) is 22.4 Å². The predicted molar refractivity (Wildman–Crippen MR) is 57.5 cm³/mol. The van der Waals surface area contributed by atoms with Crippen molar-refractivity contribution in [3.8, 4) is 0 Å². The van der Waals surface area contributed by atoms with Crippen LogP contribution in [0.15, 0.2) is 4.52 Å². The zero-order valence-corrected chi connectivity index (χ0v) is 9.49. The van der Waals surface area contributed by atoms with Crippen LogP contribution in [-0.4, -0.2) is 22.7 Å². The molecule has 1 aliphatic carbocycles. The van der Waals surface area contributed by atoms with E-state index in [9.17, 15) is 0 Å². The van der Waals surface area contributed by atoms with Crippen molar-refractivity contribution >= 4 is 0 Å². The molecule has 84 valence electrons. The first-order valence-corrected chi connectivity index (χ1v) is 5.76. The number of hydrogen-bond acceptors (Lipinski definition) is 4. The molecule has 1 aliphatic rings. The van der Waals surface area contributed by atoms with E-state index in [1.165, 1.54) is 19.3 Å². The molecule has 1 aromatic rings. The van der Waals surface area contributed by atoms with Crippen LogP contribution in [0.25, 0.3) is 0 Å². The Balaban J connectivity index is 1.67. The fourth-order valence-electron chi connectivity index (χ4n) is 2.22. The normalized spacial score (nSPS) is 26.0. The van der Waals surface area contributed by atoms with Gasteiger partial charge in [-0.2, -0.15) is 4.98 Å². The fraction of sp³-hybridized carbons (Fsp3) is 0.818. The quantitative estimate of drug-likeness (QED) is 0.820. The van der Waals surface area contributed by atoms with Crippen LogP contribution in [0.2, 0.25) is 0 Å². The maximum absolute atomic E-state index is 5.05. The zero-order chi connectivity index (χ0) is 10.7. The molecule has 2 atom stereocenters. The van der Waals surface area contributed by atoms with Gasteiger partial charge in [-0.05, 0) is 32.1 Å². The molecule has 1 fully saturated rings. The molecule has 1 aromatic heterocycles. The van der Waals surface area contributed by atoms with Crippen molar-refractivity contribution < 1.29 is 4.52 Å². The topological polar surface area (TPSA) is 51.0 Å². The Labute approximate surface area is 90.4 Å². The van der Waals surface area contributed by atoms with Gasteiger partial charge in [-0.3, -0.25) is 0 Å². The van der Waals surface area contributed by atoms with Crippen LogP contribution in [-0.2, 0) is 6.42 Å². The lowest BCUT2D eigenvalue weighted by molar-refractivity contribution is 0.368. The molecule has 2 unspecified atom stereocenters. The lowest BCUT2D eigenvalue weighted by Gasteiger charge is -2.10. The largest absolute Gasteiger partial charge is 0.339 e. The lowest BCUT2D eigenvalue weighted by atomic mass is 10.1. The van der Waals surface area contributed by atoms with E-state index in [1.807, 2.05) is 6.92 Å². The number of hydrogen-bond donors (Lipinski definition) is 1. The van der Waals surface area contributed by atoms with Crippen LogP contribution >= 0.6 is 0 Å². The van der Waals surface area contributed by atoms with E-state index in [0.717, 1.165) is 30.6 Å². The van der Waals surface area contributed by atoms with E-state index in [0.29, 0.717) is 6.04 Å². The minimum atomic E-state index is 0.698. The third-order valence-electron chi connectivity index (χ3n) is 3.04. The van der Waals surface area contributed by atoms with Crippen molar-refractivity contribution in [3.63, 3.8) is 0 Å². The molecule has 0 bridgehead atoms. The summed E-state index contributed by atoms with van der Waals surface area (Å²) in [5.74, 6) is 2.35. The maximum atomic E-state index is 5.05. The third kappa shape index (κ3) is 3.02. The molecule has 1 saturated carbocycles. The summed E-state index contributed by atoms with van der Waals surface area (Å²) in [7, 11) is 0. The summed E-state index contributed by atoms with van der Waals surface area (Å²) in [6.45, 7) is 5.11. The number of nitrogens with zero attached hydrogens (tertiary/aromatic N) is 2. The number of aryl methyl sites for hydroxylation is 1. The van der Waals surface area contributed by atoms with Gasteiger partial charge in [-0.25, -0.2) is 0 Å². The standard InChI is InChI=1S/C11H19N3O/c1-8-3-4-10(7-8)12-6-5-11-13-9(2)14-15-11/h8,10,12H,3-7H2,1-2H3. The second-order valence-electron chi connectivity index (χ2n) is 4.55. The fourth-order valence-corrected chi connectivity index (χ4v) is 2.22. The molecule has 1 N–H and O–H groups in total. The summed E-state index contributed by atoms with van der Waals surface area (Å²) in [5.41, 5.74) is 0.